The molecule has 1 saturated heterocycles. The average Bonchev–Trinajstić information content (AvgIpc) is 2.63. The minimum Gasteiger partial charge on any atom is -0.353 e. The molecule has 0 radical (unpaired) electrons. The van der Waals surface area contributed by atoms with Crippen molar-refractivity contribution in [2.45, 2.75) is 11.4 Å². The largest absolute Gasteiger partial charge is 0.353 e. The minimum atomic E-state index is 0.231. The van der Waals surface area contributed by atoms with Crippen LogP contribution in [0.4, 0.5) is 5.82 Å². The molecular weight excluding hydrogens is 308 g/mol. The van der Waals surface area contributed by atoms with E-state index in [9.17, 15) is 4.79 Å². The van der Waals surface area contributed by atoms with Crippen molar-refractivity contribution in [3.05, 3.63) is 48.8 Å². The van der Waals surface area contributed by atoms with E-state index >= 15 is 0 Å². The van der Waals surface area contributed by atoms with Crippen molar-refractivity contribution in [3.8, 4) is 0 Å². The highest BCUT2D eigenvalue weighted by molar-refractivity contribution is 7.99. The van der Waals surface area contributed by atoms with Gasteiger partial charge in [-0.1, -0.05) is 12.1 Å². The first-order valence-corrected chi connectivity index (χ1v) is 8.79. The Morgan fingerprint density at radius 1 is 1.00 bits per heavy atom. The SMILES string of the molecule is O=C(CCSc1ccccn1)N1CCN(c2ccccn2)CC1. The standard InChI is InChI=1S/C17H20N4OS/c22-17(7-14-23-16-6-2-4-9-19-16)21-12-10-20(11-13-21)15-5-1-3-8-18-15/h1-6,8-9H,7,10-14H2. The third-order valence-corrected chi connectivity index (χ3v) is 4.75. The predicted octanol–water partition coefficient (Wildman–Crippen LogP) is 2.31. The van der Waals surface area contributed by atoms with E-state index in [0.717, 1.165) is 42.8 Å². The number of carbonyl (C=O) groups is 1. The Balaban J connectivity index is 1.41. The fraction of sp³-hybridized carbons (Fsp3) is 0.353. The second-order valence-corrected chi connectivity index (χ2v) is 6.44. The first-order valence-electron chi connectivity index (χ1n) is 7.80. The molecule has 1 aliphatic heterocycles. The molecule has 0 aromatic carbocycles. The quantitative estimate of drug-likeness (QED) is 0.788. The third kappa shape index (κ3) is 4.45. The van der Waals surface area contributed by atoms with E-state index in [2.05, 4.69) is 14.9 Å². The molecule has 0 spiro atoms. The van der Waals surface area contributed by atoms with Crippen LogP contribution in [-0.4, -0.2) is 52.7 Å². The monoisotopic (exact) mass is 328 g/mol. The Morgan fingerprint density at radius 3 is 2.39 bits per heavy atom. The number of anilines is 1. The first kappa shape index (κ1) is 15.8. The molecule has 120 valence electrons. The van der Waals surface area contributed by atoms with Crippen molar-refractivity contribution in [3.63, 3.8) is 0 Å². The summed E-state index contributed by atoms with van der Waals surface area (Å²) in [6.45, 7) is 3.22. The molecule has 3 heterocycles. The molecule has 1 amide bonds. The Hall–Kier alpha value is -2.08. The molecular formula is C17H20N4OS. The van der Waals surface area contributed by atoms with Crippen molar-refractivity contribution < 1.29 is 4.79 Å². The van der Waals surface area contributed by atoms with E-state index in [0.29, 0.717) is 6.42 Å². The van der Waals surface area contributed by atoms with Crippen LogP contribution in [0.1, 0.15) is 6.42 Å². The van der Waals surface area contributed by atoms with Gasteiger partial charge in [-0.2, -0.15) is 0 Å². The summed E-state index contributed by atoms with van der Waals surface area (Å²) in [6.07, 6.45) is 4.15. The number of hydrogen-bond acceptors (Lipinski definition) is 5. The summed E-state index contributed by atoms with van der Waals surface area (Å²) in [4.78, 5) is 25.1. The second kappa shape index (κ2) is 7.97. The number of amides is 1. The molecule has 2 aromatic rings. The number of pyridine rings is 2. The average molecular weight is 328 g/mol. The van der Waals surface area contributed by atoms with Crippen molar-refractivity contribution in [2.75, 3.05) is 36.8 Å². The summed E-state index contributed by atoms with van der Waals surface area (Å²) in [6, 6.07) is 11.8. The van der Waals surface area contributed by atoms with Gasteiger partial charge < -0.3 is 9.80 Å². The number of aromatic nitrogens is 2. The van der Waals surface area contributed by atoms with Gasteiger partial charge in [-0.3, -0.25) is 4.79 Å². The number of nitrogens with zero attached hydrogens (tertiary/aromatic N) is 4. The highest BCUT2D eigenvalue weighted by Crippen LogP contribution is 2.17. The summed E-state index contributed by atoms with van der Waals surface area (Å²) < 4.78 is 0. The van der Waals surface area contributed by atoms with Crippen molar-refractivity contribution >= 4 is 23.5 Å². The molecule has 1 fully saturated rings. The molecule has 0 N–H and O–H groups in total. The first-order chi connectivity index (χ1) is 11.3. The van der Waals surface area contributed by atoms with Crippen molar-refractivity contribution in [2.24, 2.45) is 0 Å². The maximum absolute atomic E-state index is 12.3. The van der Waals surface area contributed by atoms with E-state index in [1.807, 2.05) is 47.5 Å². The molecule has 0 saturated carbocycles. The highest BCUT2D eigenvalue weighted by Gasteiger charge is 2.21. The lowest BCUT2D eigenvalue weighted by atomic mass is 10.3. The molecule has 6 heteroatoms. The third-order valence-electron chi connectivity index (χ3n) is 3.81. The predicted molar refractivity (Wildman–Crippen MR) is 92.6 cm³/mol. The smallest absolute Gasteiger partial charge is 0.223 e. The normalized spacial score (nSPS) is 14.8. The van der Waals surface area contributed by atoms with Gasteiger partial charge in [-0.15, -0.1) is 11.8 Å². The van der Waals surface area contributed by atoms with E-state index in [1.165, 1.54) is 0 Å². The van der Waals surface area contributed by atoms with E-state index < -0.39 is 0 Å². The summed E-state index contributed by atoms with van der Waals surface area (Å²) in [5, 5.41) is 0.972. The second-order valence-electron chi connectivity index (χ2n) is 5.32. The summed E-state index contributed by atoms with van der Waals surface area (Å²) in [5.74, 6) is 2.00. The molecule has 1 aliphatic rings. The maximum atomic E-state index is 12.3. The lowest BCUT2D eigenvalue weighted by Crippen LogP contribution is -2.49. The van der Waals surface area contributed by atoms with Gasteiger partial charge in [-0.05, 0) is 24.3 Å². The fourth-order valence-electron chi connectivity index (χ4n) is 2.56. The Kier molecular flexibility index (Phi) is 5.47. The van der Waals surface area contributed by atoms with Crippen LogP contribution >= 0.6 is 11.8 Å². The molecule has 0 aliphatic carbocycles. The number of carbonyl (C=O) groups excluding carboxylic acids is 1. The van der Waals surface area contributed by atoms with Gasteiger partial charge in [-0.25, -0.2) is 9.97 Å². The van der Waals surface area contributed by atoms with E-state index in [-0.39, 0.29) is 5.91 Å². The lowest BCUT2D eigenvalue weighted by Gasteiger charge is -2.35. The zero-order valence-electron chi connectivity index (χ0n) is 13.0. The van der Waals surface area contributed by atoms with Crippen molar-refractivity contribution in [1.29, 1.82) is 0 Å². The summed E-state index contributed by atoms with van der Waals surface area (Å²) >= 11 is 1.63. The Bertz CT molecular complexity index is 615. The minimum absolute atomic E-state index is 0.231. The van der Waals surface area contributed by atoms with Crippen LogP contribution in [0, 0.1) is 0 Å². The Labute approximate surface area is 140 Å². The van der Waals surface area contributed by atoms with Gasteiger partial charge in [0.25, 0.3) is 0 Å². The van der Waals surface area contributed by atoms with Crippen LogP contribution in [0.2, 0.25) is 0 Å². The highest BCUT2D eigenvalue weighted by atomic mass is 32.2. The van der Waals surface area contributed by atoms with Gasteiger partial charge in [0.15, 0.2) is 0 Å². The van der Waals surface area contributed by atoms with Gasteiger partial charge in [0, 0.05) is 50.7 Å². The molecule has 2 aromatic heterocycles. The number of rotatable bonds is 5. The van der Waals surface area contributed by atoms with Crippen LogP contribution < -0.4 is 4.90 Å². The van der Waals surface area contributed by atoms with Crippen LogP contribution in [0.3, 0.4) is 0 Å². The summed E-state index contributed by atoms with van der Waals surface area (Å²) in [5.41, 5.74) is 0. The number of hydrogen-bond donors (Lipinski definition) is 0. The van der Waals surface area contributed by atoms with Gasteiger partial charge in [0.1, 0.15) is 5.82 Å². The van der Waals surface area contributed by atoms with E-state index in [1.54, 1.807) is 18.0 Å². The lowest BCUT2D eigenvalue weighted by molar-refractivity contribution is -0.131. The summed E-state index contributed by atoms with van der Waals surface area (Å²) in [7, 11) is 0. The van der Waals surface area contributed by atoms with Crippen LogP contribution in [0.15, 0.2) is 53.8 Å². The van der Waals surface area contributed by atoms with Gasteiger partial charge in [0.05, 0.1) is 5.03 Å². The zero-order valence-corrected chi connectivity index (χ0v) is 13.8. The van der Waals surface area contributed by atoms with Crippen LogP contribution in [0.5, 0.6) is 0 Å². The molecule has 3 rings (SSSR count). The van der Waals surface area contributed by atoms with Crippen LogP contribution in [0.25, 0.3) is 0 Å². The van der Waals surface area contributed by atoms with Gasteiger partial charge in [0.2, 0.25) is 5.91 Å². The molecule has 0 atom stereocenters. The Morgan fingerprint density at radius 2 is 1.74 bits per heavy atom. The van der Waals surface area contributed by atoms with Crippen LogP contribution in [-0.2, 0) is 4.79 Å². The van der Waals surface area contributed by atoms with E-state index in [4.69, 9.17) is 0 Å². The maximum Gasteiger partial charge on any atom is 0.223 e. The molecule has 0 bridgehead atoms. The zero-order chi connectivity index (χ0) is 15.9. The molecule has 0 unspecified atom stereocenters. The number of piperazine rings is 1. The number of thioether (sulfide) groups is 1. The fourth-order valence-corrected chi connectivity index (χ4v) is 3.36. The molecule has 5 nitrogen and oxygen atoms in total. The van der Waals surface area contributed by atoms with Crippen molar-refractivity contribution in [1.82, 2.24) is 14.9 Å². The van der Waals surface area contributed by atoms with Gasteiger partial charge >= 0.3 is 0 Å². The topological polar surface area (TPSA) is 49.3 Å². The molecule has 23 heavy (non-hydrogen) atoms.